The highest BCUT2D eigenvalue weighted by Gasteiger charge is 2.00. The fraction of sp³-hybridized carbons (Fsp3) is 1.00. The van der Waals surface area contributed by atoms with Crippen LogP contribution in [0.5, 0.6) is 0 Å². The number of hydrogen-bond donors (Lipinski definition) is 2. The highest BCUT2D eigenvalue weighted by atomic mass is 16.3. The summed E-state index contributed by atoms with van der Waals surface area (Å²) in [7, 11) is 0. The van der Waals surface area contributed by atoms with Crippen molar-refractivity contribution in [3.8, 4) is 0 Å². The lowest BCUT2D eigenvalue weighted by Gasteiger charge is -2.19. The third-order valence-corrected chi connectivity index (χ3v) is 1.59. The minimum absolute atomic E-state index is 0.214. The molecule has 0 spiro atoms. The Kier molecular flexibility index (Phi) is 7.89. The zero-order valence-electron chi connectivity index (χ0n) is 7.29. The van der Waals surface area contributed by atoms with E-state index in [1.54, 1.807) is 0 Å². The molecule has 0 aromatic rings. The molecule has 0 fully saturated rings. The van der Waals surface area contributed by atoms with Gasteiger partial charge >= 0.3 is 0 Å². The minimum Gasteiger partial charge on any atom is -0.396 e. The van der Waals surface area contributed by atoms with Gasteiger partial charge in [0.2, 0.25) is 0 Å². The third-order valence-electron chi connectivity index (χ3n) is 1.59. The van der Waals surface area contributed by atoms with Crippen LogP contribution in [0, 0.1) is 0 Å². The number of nitrogens with zero attached hydrogens (tertiary/aromatic N) is 1. The smallest absolute Gasteiger partial charge is 0.0558 e. The number of rotatable bonds is 7. The molecular weight excluding hydrogens is 142 g/mol. The maximum atomic E-state index is 8.66. The first-order valence-electron chi connectivity index (χ1n) is 4.29. The summed E-state index contributed by atoms with van der Waals surface area (Å²) in [5.41, 5.74) is 0. The van der Waals surface area contributed by atoms with E-state index in [9.17, 15) is 0 Å². The van der Waals surface area contributed by atoms with E-state index in [1.807, 2.05) is 0 Å². The van der Waals surface area contributed by atoms with Crippen LogP contribution in [0.25, 0.3) is 0 Å². The summed E-state index contributed by atoms with van der Waals surface area (Å²) < 4.78 is 0. The minimum atomic E-state index is 0.214. The SMILES string of the molecule is CCCN(CCO)CCCO. The van der Waals surface area contributed by atoms with Crippen molar-refractivity contribution < 1.29 is 10.2 Å². The lowest BCUT2D eigenvalue weighted by Crippen LogP contribution is -2.29. The molecule has 0 aromatic carbocycles. The molecule has 2 N–H and O–H groups in total. The van der Waals surface area contributed by atoms with Gasteiger partial charge in [-0.2, -0.15) is 0 Å². The largest absolute Gasteiger partial charge is 0.396 e. The fourth-order valence-electron chi connectivity index (χ4n) is 1.09. The topological polar surface area (TPSA) is 43.7 Å². The second kappa shape index (κ2) is 7.98. The molecule has 0 aliphatic rings. The van der Waals surface area contributed by atoms with Gasteiger partial charge in [-0.15, -0.1) is 0 Å². The summed E-state index contributed by atoms with van der Waals surface area (Å²) in [6, 6.07) is 0. The van der Waals surface area contributed by atoms with Gasteiger partial charge in [-0.25, -0.2) is 0 Å². The fourth-order valence-corrected chi connectivity index (χ4v) is 1.09. The molecule has 3 nitrogen and oxygen atoms in total. The first-order valence-corrected chi connectivity index (χ1v) is 4.29. The van der Waals surface area contributed by atoms with Crippen LogP contribution in [-0.4, -0.2) is 48.0 Å². The van der Waals surface area contributed by atoms with Gasteiger partial charge in [-0.05, 0) is 19.4 Å². The molecule has 0 unspecified atom stereocenters. The average Bonchev–Trinajstić information content (AvgIpc) is 2.01. The van der Waals surface area contributed by atoms with Gasteiger partial charge in [0.25, 0.3) is 0 Å². The van der Waals surface area contributed by atoms with E-state index in [2.05, 4.69) is 11.8 Å². The Bertz CT molecular complexity index is 72.5. The van der Waals surface area contributed by atoms with Crippen molar-refractivity contribution >= 4 is 0 Å². The van der Waals surface area contributed by atoms with E-state index >= 15 is 0 Å². The van der Waals surface area contributed by atoms with Gasteiger partial charge < -0.3 is 15.1 Å². The van der Waals surface area contributed by atoms with Gasteiger partial charge in [0, 0.05) is 19.7 Å². The molecule has 3 heteroatoms. The summed E-state index contributed by atoms with van der Waals surface area (Å²) in [5.74, 6) is 0. The molecule has 0 radical (unpaired) electrons. The van der Waals surface area contributed by atoms with E-state index < -0.39 is 0 Å². The van der Waals surface area contributed by atoms with E-state index in [1.165, 1.54) is 0 Å². The molecule has 0 saturated carbocycles. The van der Waals surface area contributed by atoms with Crippen molar-refractivity contribution in [3.05, 3.63) is 0 Å². The summed E-state index contributed by atoms with van der Waals surface area (Å²) in [4.78, 5) is 2.16. The molecule has 0 aliphatic carbocycles. The molecule has 11 heavy (non-hydrogen) atoms. The van der Waals surface area contributed by atoms with Gasteiger partial charge in [0.1, 0.15) is 0 Å². The molecule has 0 aromatic heterocycles. The van der Waals surface area contributed by atoms with Crippen LogP contribution in [0.4, 0.5) is 0 Å². The summed E-state index contributed by atoms with van der Waals surface area (Å²) in [6.07, 6.45) is 1.91. The van der Waals surface area contributed by atoms with E-state index in [-0.39, 0.29) is 13.2 Å². The third kappa shape index (κ3) is 6.28. The van der Waals surface area contributed by atoms with Gasteiger partial charge in [-0.3, -0.25) is 0 Å². The Labute approximate surface area is 68.6 Å². The maximum absolute atomic E-state index is 8.66. The van der Waals surface area contributed by atoms with Gasteiger partial charge in [0.15, 0.2) is 0 Å². The summed E-state index contributed by atoms with van der Waals surface area (Å²) in [6.45, 7) is 5.21. The molecule has 0 rings (SSSR count). The molecule has 0 saturated heterocycles. The summed E-state index contributed by atoms with van der Waals surface area (Å²) in [5, 5.41) is 17.2. The molecule has 0 aliphatic heterocycles. The standard InChI is InChI=1S/C8H19NO2/c1-2-4-9(6-8-11)5-3-7-10/h10-11H,2-8H2,1H3. The first-order chi connectivity index (χ1) is 5.35. The number of hydrogen-bond acceptors (Lipinski definition) is 3. The van der Waals surface area contributed by atoms with Crippen LogP contribution in [0.1, 0.15) is 19.8 Å². The normalized spacial score (nSPS) is 10.9. The Morgan fingerprint density at radius 2 is 1.73 bits per heavy atom. The van der Waals surface area contributed by atoms with Crippen molar-refractivity contribution in [2.45, 2.75) is 19.8 Å². The maximum Gasteiger partial charge on any atom is 0.0558 e. The van der Waals surface area contributed by atoms with Gasteiger partial charge in [-0.1, -0.05) is 6.92 Å². The van der Waals surface area contributed by atoms with Crippen molar-refractivity contribution in [1.82, 2.24) is 4.90 Å². The Balaban J connectivity index is 3.34. The first kappa shape index (κ1) is 10.9. The lowest BCUT2D eigenvalue weighted by molar-refractivity contribution is 0.179. The molecule has 0 amide bonds. The molecule has 0 heterocycles. The monoisotopic (exact) mass is 161 g/mol. The van der Waals surface area contributed by atoms with Crippen LogP contribution >= 0.6 is 0 Å². The quantitative estimate of drug-likeness (QED) is 0.555. The molecular formula is C8H19NO2. The van der Waals surface area contributed by atoms with Crippen LogP contribution in [-0.2, 0) is 0 Å². The second-order valence-corrected chi connectivity index (χ2v) is 2.64. The van der Waals surface area contributed by atoms with Crippen molar-refractivity contribution in [1.29, 1.82) is 0 Å². The Morgan fingerprint density at radius 3 is 2.18 bits per heavy atom. The van der Waals surface area contributed by atoms with E-state index in [0.717, 1.165) is 32.5 Å². The highest BCUT2D eigenvalue weighted by Crippen LogP contribution is 1.92. The second-order valence-electron chi connectivity index (χ2n) is 2.64. The zero-order chi connectivity index (χ0) is 8.53. The zero-order valence-corrected chi connectivity index (χ0v) is 7.29. The van der Waals surface area contributed by atoms with Crippen LogP contribution in [0.15, 0.2) is 0 Å². The van der Waals surface area contributed by atoms with Crippen LogP contribution in [0.3, 0.4) is 0 Å². The van der Waals surface area contributed by atoms with Crippen LogP contribution in [0.2, 0.25) is 0 Å². The number of aliphatic hydroxyl groups is 2. The molecule has 0 bridgehead atoms. The molecule has 68 valence electrons. The Hall–Kier alpha value is -0.120. The van der Waals surface area contributed by atoms with Crippen molar-refractivity contribution in [2.75, 3.05) is 32.8 Å². The van der Waals surface area contributed by atoms with E-state index in [0.29, 0.717) is 0 Å². The summed E-state index contributed by atoms with van der Waals surface area (Å²) >= 11 is 0. The van der Waals surface area contributed by atoms with Crippen molar-refractivity contribution in [3.63, 3.8) is 0 Å². The van der Waals surface area contributed by atoms with Crippen molar-refractivity contribution in [2.24, 2.45) is 0 Å². The van der Waals surface area contributed by atoms with Crippen LogP contribution < -0.4 is 0 Å². The number of aliphatic hydroxyl groups excluding tert-OH is 2. The predicted octanol–water partition coefficient (Wildman–Crippen LogP) is 0.0731. The predicted molar refractivity (Wildman–Crippen MR) is 45.5 cm³/mol. The van der Waals surface area contributed by atoms with E-state index in [4.69, 9.17) is 10.2 Å². The Morgan fingerprint density at radius 1 is 1.00 bits per heavy atom. The highest BCUT2D eigenvalue weighted by molar-refractivity contribution is 4.55. The van der Waals surface area contributed by atoms with Gasteiger partial charge in [0.05, 0.1) is 6.61 Å². The average molecular weight is 161 g/mol. The lowest BCUT2D eigenvalue weighted by atomic mass is 10.3. The molecule has 0 atom stereocenters.